The predicted molar refractivity (Wildman–Crippen MR) is 73.4 cm³/mol. The van der Waals surface area contributed by atoms with Gasteiger partial charge in [0.1, 0.15) is 5.82 Å². The molecule has 0 radical (unpaired) electrons. The van der Waals surface area contributed by atoms with Crippen LogP contribution in [-0.2, 0) is 0 Å². The molecule has 0 amide bonds. The SMILES string of the molecule is Nc1ccc2nc(NCC3CC(O)C3)ccc2c1. The molecule has 0 aliphatic heterocycles. The maximum Gasteiger partial charge on any atom is 0.126 e. The number of fused-ring (bicyclic) bond motifs is 1. The van der Waals surface area contributed by atoms with Crippen LogP contribution >= 0.6 is 0 Å². The van der Waals surface area contributed by atoms with E-state index in [1.807, 2.05) is 30.3 Å². The van der Waals surface area contributed by atoms with Gasteiger partial charge < -0.3 is 16.2 Å². The van der Waals surface area contributed by atoms with Crippen LogP contribution in [0.25, 0.3) is 10.9 Å². The Hall–Kier alpha value is -1.81. The van der Waals surface area contributed by atoms with Crippen LogP contribution in [0.5, 0.6) is 0 Å². The monoisotopic (exact) mass is 243 g/mol. The van der Waals surface area contributed by atoms with Crippen molar-refractivity contribution in [3.8, 4) is 0 Å². The second-order valence-corrected chi connectivity index (χ2v) is 5.02. The standard InChI is InChI=1S/C14H17N3O/c15-11-2-3-13-10(7-11)1-4-14(17-13)16-8-9-5-12(18)6-9/h1-4,7,9,12,18H,5-6,8,15H2,(H,16,17). The van der Waals surface area contributed by atoms with Gasteiger partial charge in [0.15, 0.2) is 0 Å². The van der Waals surface area contributed by atoms with Crippen LogP contribution in [-0.4, -0.2) is 22.7 Å². The summed E-state index contributed by atoms with van der Waals surface area (Å²) >= 11 is 0. The molecule has 1 aromatic carbocycles. The third-order valence-corrected chi connectivity index (χ3v) is 3.50. The number of hydrogen-bond acceptors (Lipinski definition) is 4. The highest BCUT2D eigenvalue weighted by Gasteiger charge is 2.26. The molecule has 3 rings (SSSR count). The number of hydrogen-bond donors (Lipinski definition) is 3. The summed E-state index contributed by atoms with van der Waals surface area (Å²) in [7, 11) is 0. The van der Waals surface area contributed by atoms with E-state index in [2.05, 4.69) is 10.3 Å². The Morgan fingerprint density at radius 2 is 2.11 bits per heavy atom. The predicted octanol–water partition coefficient (Wildman–Crippen LogP) is 2.00. The number of aromatic nitrogens is 1. The minimum Gasteiger partial charge on any atom is -0.399 e. The van der Waals surface area contributed by atoms with Gasteiger partial charge >= 0.3 is 0 Å². The summed E-state index contributed by atoms with van der Waals surface area (Å²) in [4.78, 5) is 4.54. The van der Waals surface area contributed by atoms with Crippen molar-refractivity contribution in [1.29, 1.82) is 0 Å². The van der Waals surface area contributed by atoms with Crippen molar-refractivity contribution in [2.45, 2.75) is 18.9 Å². The Bertz CT molecular complexity index is 564. The molecule has 18 heavy (non-hydrogen) atoms. The van der Waals surface area contributed by atoms with E-state index in [-0.39, 0.29) is 6.10 Å². The molecule has 2 aromatic rings. The Labute approximate surface area is 106 Å². The fourth-order valence-electron chi connectivity index (χ4n) is 2.36. The van der Waals surface area contributed by atoms with Crippen LogP contribution < -0.4 is 11.1 Å². The molecule has 0 atom stereocenters. The van der Waals surface area contributed by atoms with Crippen molar-refractivity contribution in [2.24, 2.45) is 5.92 Å². The lowest BCUT2D eigenvalue weighted by molar-refractivity contribution is 0.0486. The van der Waals surface area contributed by atoms with Gasteiger partial charge in [0.05, 0.1) is 11.6 Å². The molecular weight excluding hydrogens is 226 g/mol. The van der Waals surface area contributed by atoms with Crippen LogP contribution in [0.3, 0.4) is 0 Å². The number of nitrogens with zero attached hydrogens (tertiary/aromatic N) is 1. The lowest BCUT2D eigenvalue weighted by Crippen LogP contribution is -2.33. The summed E-state index contributed by atoms with van der Waals surface area (Å²) < 4.78 is 0. The molecule has 4 heteroatoms. The number of rotatable bonds is 3. The van der Waals surface area contributed by atoms with Gasteiger partial charge in [0.2, 0.25) is 0 Å². The Kier molecular flexibility index (Phi) is 2.80. The highest BCUT2D eigenvalue weighted by molar-refractivity contribution is 5.83. The van der Waals surface area contributed by atoms with Crippen LogP contribution in [0.15, 0.2) is 30.3 Å². The third-order valence-electron chi connectivity index (χ3n) is 3.50. The lowest BCUT2D eigenvalue weighted by Gasteiger charge is -2.31. The zero-order valence-corrected chi connectivity index (χ0v) is 10.1. The summed E-state index contributed by atoms with van der Waals surface area (Å²) in [5, 5.41) is 13.6. The number of anilines is 2. The average molecular weight is 243 g/mol. The quantitative estimate of drug-likeness (QED) is 0.721. The molecule has 1 aliphatic carbocycles. The molecule has 0 bridgehead atoms. The van der Waals surface area contributed by atoms with E-state index in [1.54, 1.807) is 0 Å². The maximum atomic E-state index is 9.23. The zero-order valence-electron chi connectivity index (χ0n) is 10.1. The summed E-state index contributed by atoms with van der Waals surface area (Å²) in [5.74, 6) is 1.46. The van der Waals surface area contributed by atoms with E-state index >= 15 is 0 Å². The number of benzene rings is 1. The average Bonchev–Trinajstić information content (AvgIpc) is 2.33. The van der Waals surface area contributed by atoms with Gasteiger partial charge in [-0.1, -0.05) is 0 Å². The van der Waals surface area contributed by atoms with E-state index < -0.39 is 0 Å². The molecule has 1 aromatic heterocycles. The second-order valence-electron chi connectivity index (χ2n) is 5.02. The first-order valence-electron chi connectivity index (χ1n) is 6.29. The van der Waals surface area contributed by atoms with Gasteiger partial charge in [-0.15, -0.1) is 0 Å². The van der Waals surface area contributed by atoms with Gasteiger partial charge in [-0.2, -0.15) is 0 Å². The molecule has 4 nitrogen and oxygen atoms in total. The topological polar surface area (TPSA) is 71.2 Å². The fourth-order valence-corrected chi connectivity index (χ4v) is 2.36. The minimum absolute atomic E-state index is 0.0932. The van der Waals surface area contributed by atoms with E-state index in [4.69, 9.17) is 5.73 Å². The van der Waals surface area contributed by atoms with Crippen LogP contribution in [0.1, 0.15) is 12.8 Å². The lowest BCUT2D eigenvalue weighted by atomic mass is 9.82. The first-order chi connectivity index (χ1) is 8.70. The molecule has 0 saturated heterocycles. The number of nitrogen functional groups attached to an aromatic ring is 1. The van der Waals surface area contributed by atoms with Gasteiger partial charge in [0, 0.05) is 17.6 Å². The van der Waals surface area contributed by atoms with Crippen molar-refractivity contribution < 1.29 is 5.11 Å². The zero-order chi connectivity index (χ0) is 12.5. The maximum absolute atomic E-state index is 9.23. The molecule has 1 aliphatic rings. The van der Waals surface area contributed by atoms with Crippen LogP contribution in [0, 0.1) is 5.92 Å². The summed E-state index contributed by atoms with van der Waals surface area (Å²) in [6.07, 6.45) is 1.71. The summed E-state index contributed by atoms with van der Waals surface area (Å²) in [6.45, 7) is 0.880. The smallest absolute Gasteiger partial charge is 0.126 e. The number of nitrogens with one attached hydrogen (secondary N) is 1. The second kappa shape index (κ2) is 4.46. The molecule has 4 N–H and O–H groups in total. The first kappa shape index (κ1) is 11.3. The first-order valence-corrected chi connectivity index (χ1v) is 6.29. The molecule has 94 valence electrons. The molecule has 0 spiro atoms. The van der Waals surface area contributed by atoms with Gasteiger partial charge in [-0.25, -0.2) is 4.98 Å². The van der Waals surface area contributed by atoms with Crippen LogP contribution in [0.4, 0.5) is 11.5 Å². The van der Waals surface area contributed by atoms with Crippen molar-refractivity contribution in [1.82, 2.24) is 4.98 Å². The normalized spacial score (nSPS) is 22.7. The largest absolute Gasteiger partial charge is 0.399 e. The van der Waals surface area contributed by atoms with Crippen LogP contribution in [0.2, 0.25) is 0 Å². The minimum atomic E-state index is -0.0932. The summed E-state index contributed by atoms with van der Waals surface area (Å²) in [6, 6.07) is 9.71. The molecular formula is C14H17N3O. The number of nitrogens with two attached hydrogens (primary N) is 1. The van der Waals surface area contributed by atoms with E-state index in [9.17, 15) is 5.11 Å². The van der Waals surface area contributed by atoms with Crippen molar-refractivity contribution >= 4 is 22.4 Å². The highest BCUT2D eigenvalue weighted by atomic mass is 16.3. The number of aliphatic hydroxyl groups is 1. The van der Waals surface area contributed by atoms with Gasteiger partial charge in [-0.3, -0.25) is 0 Å². The molecule has 1 heterocycles. The van der Waals surface area contributed by atoms with E-state index in [0.717, 1.165) is 41.8 Å². The molecule has 1 saturated carbocycles. The Morgan fingerprint density at radius 1 is 1.28 bits per heavy atom. The third kappa shape index (κ3) is 2.24. The molecule has 0 unspecified atom stereocenters. The van der Waals surface area contributed by atoms with Crippen molar-refractivity contribution in [3.63, 3.8) is 0 Å². The number of aliphatic hydroxyl groups excluding tert-OH is 1. The van der Waals surface area contributed by atoms with E-state index in [1.165, 1.54) is 0 Å². The number of pyridine rings is 1. The summed E-state index contributed by atoms with van der Waals surface area (Å²) in [5.41, 5.74) is 7.44. The van der Waals surface area contributed by atoms with Gasteiger partial charge in [-0.05, 0) is 49.1 Å². The highest BCUT2D eigenvalue weighted by Crippen LogP contribution is 2.27. The van der Waals surface area contributed by atoms with Crippen molar-refractivity contribution in [3.05, 3.63) is 30.3 Å². The Balaban J connectivity index is 1.71. The Morgan fingerprint density at radius 3 is 2.89 bits per heavy atom. The van der Waals surface area contributed by atoms with Gasteiger partial charge in [0.25, 0.3) is 0 Å². The van der Waals surface area contributed by atoms with Crippen molar-refractivity contribution in [2.75, 3.05) is 17.6 Å². The molecule has 1 fully saturated rings. The fraction of sp³-hybridized carbons (Fsp3) is 0.357. The van der Waals surface area contributed by atoms with E-state index in [0.29, 0.717) is 5.92 Å².